The second-order valence-corrected chi connectivity index (χ2v) is 5.69. The number of hydrogen-bond donors (Lipinski definition) is 2. The van der Waals surface area contributed by atoms with E-state index in [9.17, 15) is 9.59 Å². The molecule has 150 valence electrons. The van der Waals surface area contributed by atoms with Crippen LogP contribution in [0.1, 0.15) is 5.56 Å². The Bertz CT molecular complexity index is 770. The van der Waals surface area contributed by atoms with Gasteiger partial charge in [0.25, 0.3) is 5.91 Å². The van der Waals surface area contributed by atoms with E-state index in [0.717, 1.165) is 5.56 Å². The van der Waals surface area contributed by atoms with Crippen molar-refractivity contribution in [2.75, 3.05) is 34.5 Å². The Balaban J connectivity index is 1.79. The smallest absolute Gasteiger partial charge is 0.258 e. The molecule has 0 saturated heterocycles. The maximum atomic E-state index is 12.0. The summed E-state index contributed by atoms with van der Waals surface area (Å²) in [6.07, 6.45) is 0. The molecule has 2 rings (SSSR count). The molecule has 28 heavy (non-hydrogen) atoms. The Hall–Kier alpha value is -3.42. The summed E-state index contributed by atoms with van der Waals surface area (Å²) in [5.74, 6) is 1.35. The van der Waals surface area contributed by atoms with Crippen molar-refractivity contribution in [1.29, 1.82) is 0 Å². The molecule has 0 unspecified atom stereocenters. The van der Waals surface area contributed by atoms with Crippen molar-refractivity contribution >= 4 is 11.8 Å². The molecule has 0 aliphatic heterocycles. The van der Waals surface area contributed by atoms with Gasteiger partial charge in [-0.3, -0.25) is 9.59 Å². The highest BCUT2D eigenvalue weighted by Crippen LogP contribution is 2.38. The Labute approximate surface area is 163 Å². The number of benzene rings is 2. The van der Waals surface area contributed by atoms with Gasteiger partial charge in [0.1, 0.15) is 5.75 Å². The molecule has 2 aromatic carbocycles. The van der Waals surface area contributed by atoms with Gasteiger partial charge in [-0.05, 0) is 29.8 Å². The Morgan fingerprint density at radius 2 is 1.50 bits per heavy atom. The number of rotatable bonds is 10. The predicted molar refractivity (Wildman–Crippen MR) is 103 cm³/mol. The van der Waals surface area contributed by atoms with Crippen LogP contribution in [0.25, 0.3) is 0 Å². The Morgan fingerprint density at radius 3 is 2.07 bits per heavy atom. The van der Waals surface area contributed by atoms with Crippen molar-refractivity contribution in [3.63, 3.8) is 0 Å². The molecular weight excluding hydrogens is 364 g/mol. The molecule has 2 amide bonds. The van der Waals surface area contributed by atoms with Gasteiger partial charge >= 0.3 is 0 Å². The molecule has 2 N–H and O–H groups in total. The van der Waals surface area contributed by atoms with Crippen molar-refractivity contribution in [1.82, 2.24) is 10.6 Å². The predicted octanol–water partition coefficient (Wildman–Crippen LogP) is 1.52. The van der Waals surface area contributed by atoms with Crippen molar-refractivity contribution in [2.45, 2.75) is 6.54 Å². The van der Waals surface area contributed by atoms with Crippen LogP contribution >= 0.6 is 0 Å². The third-order valence-corrected chi connectivity index (χ3v) is 3.77. The van der Waals surface area contributed by atoms with E-state index in [1.165, 1.54) is 21.3 Å². The van der Waals surface area contributed by atoms with Crippen LogP contribution in [0.4, 0.5) is 0 Å². The quantitative estimate of drug-likeness (QED) is 0.641. The van der Waals surface area contributed by atoms with Gasteiger partial charge in [0, 0.05) is 6.54 Å². The van der Waals surface area contributed by atoms with Crippen LogP contribution in [0.15, 0.2) is 42.5 Å². The lowest BCUT2D eigenvalue weighted by Gasteiger charge is -2.14. The molecule has 8 nitrogen and oxygen atoms in total. The monoisotopic (exact) mass is 388 g/mol. The SMILES string of the molecule is COc1cc(CNC(=O)CNC(=O)COc2ccccc2)cc(OC)c1OC. The first-order valence-corrected chi connectivity index (χ1v) is 8.57. The molecule has 0 aromatic heterocycles. The Morgan fingerprint density at radius 1 is 0.857 bits per heavy atom. The molecule has 0 aliphatic carbocycles. The van der Waals surface area contributed by atoms with Crippen molar-refractivity contribution in [2.24, 2.45) is 0 Å². The number of ether oxygens (including phenoxy) is 4. The van der Waals surface area contributed by atoms with E-state index in [2.05, 4.69) is 10.6 Å². The summed E-state index contributed by atoms with van der Waals surface area (Å²) in [6, 6.07) is 12.5. The third kappa shape index (κ3) is 6.08. The van der Waals surface area contributed by atoms with E-state index in [-0.39, 0.29) is 31.5 Å². The van der Waals surface area contributed by atoms with Crippen LogP contribution in [-0.4, -0.2) is 46.3 Å². The molecular formula is C20H24N2O6. The molecule has 0 atom stereocenters. The number of para-hydroxylation sites is 1. The van der Waals surface area contributed by atoms with Crippen molar-refractivity contribution < 1.29 is 28.5 Å². The van der Waals surface area contributed by atoms with Gasteiger partial charge in [-0.25, -0.2) is 0 Å². The molecule has 2 aromatic rings. The summed E-state index contributed by atoms with van der Waals surface area (Å²) in [5.41, 5.74) is 0.765. The highest BCUT2D eigenvalue weighted by molar-refractivity contribution is 5.85. The Kier molecular flexibility index (Phi) is 7.95. The summed E-state index contributed by atoms with van der Waals surface area (Å²) in [5, 5.41) is 5.23. The lowest BCUT2D eigenvalue weighted by Crippen LogP contribution is -2.38. The maximum absolute atomic E-state index is 12.0. The first-order chi connectivity index (χ1) is 13.6. The molecule has 0 fully saturated rings. The minimum atomic E-state index is -0.383. The average Bonchev–Trinajstić information content (AvgIpc) is 2.74. The fourth-order valence-electron chi connectivity index (χ4n) is 2.40. The van der Waals surface area contributed by atoms with Crippen LogP contribution < -0.4 is 29.6 Å². The molecule has 0 heterocycles. The van der Waals surface area contributed by atoms with Gasteiger partial charge in [-0.2, -0.15) is 0 Å². The second-order valence-electron chi connectivity index (χ2n) is 5.69. The topological polar surface area (TPSA) is 95.1 Å². The van der Waals surface area contributed by atoms with Gasteiger partial charge in [0.05, 0.1) is 27.9 Å². The number of hydrogen-bond acceptors (Lipinski definition) is 6. The van der Waals surface area contributed by atoms with Crippen molar-refractivity contribution in [3.05, 3.63) is 48.0 Å². The number of nitrogens with one attached hydrogen (secondary N) is 2. The zero-order chi connectivity index (χ0) is 20.4. The highest BCUT2D eigenvalue weighted by Gasteiger charge is 2.14. The summed E-state index contributed by atoms with van der Waals surface area (Å²) in [6.45, 7) is -0.0719. The summed E-state index contributed by atoms with van der Waals surface area (Å²) >= 11 is 0. The molecule has 0 saturated carbocycles. The number of amides is 2. The van der Waals surface area contributed by atoms with Gasteiger partial charge in [0.15, 0.2) is 18.1 Å². The van der Waals surface area contributed by atoms with E-state index in [0.29, 0.717) is 23.0 Å². The van der Waals surface area contributed by atoms with E-state index in [1.807, 2.05) is 18.2 Å². The first kappa shape index (κ1) is 20.9. The summed E-state index contributed by atoms with van der Waals surface area (Å²) < 4.78 is 21.1. The van der Waals surface area contributed by atoms with Crippen LogP contribution in [-0.2, 0) is 16.1 Å². The van der Waals surface area contributed by atoms with Crippen LogP contribution in [0, 0.1) is 0 Å². The minimum Gasteiger partial charge on any atom is -0.493 e. The van der Waals surface area contributed by atoms with Crippen LogP contribution in [0.2, 0.25) is 0 Å². The lowest BCUT2D eigenvalue weighted by atomic mass is 10.1. The second kappa shape index (κ2) is 10.7. The number of carbonyl (C=O) groups excluding carboxylic acids is 2. The fraction of sp³-hybridized carbons (Fsp3) is 0.300. The number of methoxy groups -OCH3 is 3. The van der Waals surface area contributed by atoms with Gasteiger partial charge in [-0.1, -0.05) is 18.2 Å². The molecule has 8 heteroatoms. The van der Waals surface area contributed by atoms with Crippen molar-refractivity contribution in [3.8, 4) is 23.0 Å². The highest BCUT2D eigenvalue weighted by atomic mass is 16.5. The van der Waals surface area contributed by atoms with E-state index >= 15 is 0 Å². The molecule has 0 radical (unpaired) electrons. The van der Waals surface area contributed by atoms with E-state index in [4.69, 9.17) is 18.9 Å². The average molecular weight is 388 g/mol. The van der Waals surface area contributed by atoms with E-state index in [1.54, 1.807) is 24.3 Å². The first-order valence-electron chi connectivity index (χ1n) is 8.57. The standard InChI is InChI=1S/C20H24N2O6/c1-25-16-9-14(10-17(26-2)20(16)27-3)11-21-18(23)12-22-19(24)13-28-15-7-5-4-6-8-15/h4-10H,11-13H2,1-3H3,(H,21,23)(H,22,24). The van der Waals surface area contributed by atoms with E-state index < -0.39 is 0 Å². The fourth-order valence-corrected chi connectivity index (χ4v) is 2.40. The molecule has 0 bridgehead atoms. The summed E-state index contributed by atoms with van der Waals surface area (Å²) in [7, 11) is 4.56. The largest absolute Gasteiger partial charge is 0.493 e. The lowest BCUT2D eigenvalue weighted by molar-refractivity contribution is -0.127. The number of carbonyl (C=O) groups is 2. The van der Waals surface area contributed by atoms with Crippen LogP contribution in [0.3, 0.4) is 0 Å². The normalized spacial score (nSPS) is 9.96. The zero-order valence-corrected chi connectivity index (χ0v) is 16.1. The zero-order valence-electron chi connectivity index (χ0n) is 16.1. The van der Waals surface area contributed by atoms with Crippen LogP contribution in [0.5, 0.6) is 23.0 Å². The van der Waals surface area contributed by atoms with Gasteiger partial charge in [-0.15, -0.1) is 0 Å². The van der Waals surface area contributed by atoms with Gasteiger partial charge in [0.2, 0.25) is 11.7 Å². The van der Waals surface area contributed by atoms with Gasteiger partial charge < -0.3 is 29.6 Å². The maximum Gasteiger partial charge on any atom is 0.258 e. The minimum absolute atomic E-state index is 0.151. The summed E-state index contributed by atoms with van der Waals surface area (Å²) in [4.78, 5) is 23.7. The molecule has 0 aliphatic rings. The third-order valence-electron chi connectivity index (χ3n) is 3.77. The molecule has 0 spiro atoms.